The van der Waals surface area contributed by atoms with Gasteiger partial charge in [0.2, 0.25) is 5.91 Å². The third-order valence-electron chi connectivity index (χ3n) is 2.98. The highest BCUT2D eigenvalue weighted by Gasteiger charge is 2.12. The van der Waals surface area contributed by atoms with Crippen molar-refractivity contribution in [3.63, 3.8) is 0 Å². The maximum Gasteiger partial charge on any atom is 0.287 e. The van der Waals surface area contributed by atoms with Gasteiger partial charge < -0.3 is 5.32 Å². The average Bonchev–Trinajstić information content (AvgIpc) is 2.44. The second-order valence-electron chi connectivity index (χ2n) is 4.58. The summed E-state index contributed by atoms with van der Waals surface area (Å²) in [6.07, 6.45) is 1.23. The van der Waals surface area contributed by atoms with Gasteiger partial charge in [0.25, 0.3) is 5.56 Å². The van der Waals surface area contributed by atoms with E-state index in [1.54, 1.807) is 0 Å². The normalized spacial score (nSPS) is 10.5. The van der Waals surface area contributed by atoms with Crippen LogP contribution in [0, 0.1) is 13.8 Å². The van der Waals surface area contributed by atoms with Crippen LogP contribution in [-0.2, 0) is 11.3 Å². The molecule has 2 aromatic rings. The summed E-state index contributed by atoms with van der Waals surface area (Å²) in [7, 11) is 0. The highest BCUT2D eigenvalue weighted by Crippen LogP contribution is 2.19. The maximum absolute atomic E-state index is 12.0. The molecule has 0 radical (unpaired) electrons. The number of benzene rings is 1. The van der Waals surface area contributed by atoms with Crippen LogP contribution in [0.5, 0.6) is 0 Å². The standard InChI is InChI=1S/C14H13Cl2N3O2/c1-8-4-3-5-9(2)13(8)18-11(20)7-19-14(21)12(16)10(15)6-17-19/h3-6H,7H2,1-2H3,(H,18,20). The molecule has 0 bridgehead atoms. The van der Waals surface area contributed by atoms with Crippen molar-refractivity contribution in [3.8, 4) is 0 Å². The molecule has 1 aromatic carbocycles. The minimum atomic E-state index is -0.596. The Morgan fingerprint density at radius 3 is 2.52 bits per heavy atom. The zero-order chi connectivity index (χ0) is 15.6. The molecule has 110 valence electrons. The lowest BCUT2D eigenvalue weighted by Crippen LogP contribution is -2.30. The van der Waals surface area contributed by atoms with E-state index in [4.69, 9.17) is 23.2 Å². The number of anilines is 1. The van der Waals surface area contributed by atoms with E-state index >= 15 is 0 Å². The third-order valence-corrected chi connectivity index (χ3v) is 3.73. The molecule has 0 saturated heterocycles. The molecule has 0 aliphatic carbocycles. The number of hydrogen-bond acceptors (Lipinski definition) is 3. The summed E-state index contributed by atoms with van der Waals surface area (Å²) >= 11 is 11.4. The fourth-order valence-electron chi connectivity index (χ4n) is 1.88. The van der Waals surface area contributed by atoms with Gasteiger partial charge in [-0.25, -0.2) is 4.68 Å². The molecule has 1 aromatic heterocycles. The lowest BCUT2D eigenvalue weighted by atomic mass is 10.1. The SMILES string of the molecule is Cc1cccc(C)c1NC(=O)Cn1ncc(Cl)c(Cl)c1=O. The topological polar surface area (TPSA) is 64.0 Å². The molecule has 1 heterocycles. The van der Waals surface area contributed by atoms with E-state index in [-0.39, 0.29) is 22.5 Å². The average molecular weight is 326 g/mol. The molecule has 0 aliphatic heterocycles. The fourth-order valence-corrected chi connectivity index (χ4v) is 2.16. The summed E-state index contributed by atoms with van der Waals surface area (Å²) in [6.45, 7) is 3.56. The lowest BCUT2D eigenvalue weighted by molar-refractivity contribution is -0.117. The molecule has 0 unspecified atom stereocenters. The Bertz CT molecular complexity index is 736. The summed E-state index contributed by atoms with van der Waals surface area (Å²) < 4.78 is 0.969. The first-order chi connectivity index (χ1) is 9.90. The van der Waals surface area contributed by atoms with Crippen molar-refractivity contribution >= 4 is 34.8 Å². The number of rotatable bonds is 3. The summed E-state index contributed by atoms with van der Waals surface area (Å²) in [5, 5.41) is 6.48. The molecule has 7 heteroatoms. The van der Waals surface area contributed by atoms with Crippen LogP contribution < -0.4 is 10.9 Å². The largest absolute Gasteiger partial charge is 0.324 e. The molecule has 2 rings (SSSR count). The first kappa shape index (κ1) is 15.5. The molecule has 0 saturated carbocycles. The third kappa shape index (κ3) is 3.43. The Labute approximate surface area is 131 Å². The van der Waals surface area contributed by atoms with Gasteiger partial charge in [-0.2, -0.15) is 5.10 Å². The zero-order valence-electron chi connectivity index (χ0n) is 11.5. The number of aromatic nitrogens is 2. The van der Waals surface area contributed by atoms with Gasteiger partial charge in [-0.15, -0.1) is 0 Å². The first-order valence-corrected chi connectivity index (χ1v) is 6.93. The molecule has 0 spiro atoms. The number of halogens is 2. The van der Waals surface area contributed by atoms with Crippen molar-refractivity contribution in [2.75, 3.05) is 5.32 Å². The summed E-state index contributed by atoms with van der Waals surface area (Å²) in [4.78, 5) is 23.9. The Kier molecular flexibility index (Phi) is 4.65. The highest BCUT2D eigenvalue weighted by molar-refractivity contribution is 6.41. The van der Waals surface area contributed by atoms with Crippen molar-refractivity contribution in [2.24, 2.45) is 0 Å². The predicted octanol–water partition coefficient (Wildman–Crippen LogP) is 2.81. The van der Waals surface area contributed by atoms with Crippen LogP contribution in [0.3, 0.4) is 0 Å². The van der Waals surface area contributed by atoms with Gasteiger partial charge in [0.1, 0.15) is 11.6 Å². The van der Waals surface area contributed by atoms with Crippen molar-refractivity contribution in [2.45, 2.75) is 20.4 Å². The van der Waals surface area contributed by atoms with Crippen LogP contribution >= 0.6 is 23.2 Å². The summed E-state index contributed by atoms with van der Waals surface area (Å²) in [6, 6.07) is 5.70. The fraction of sp³-hybridized carbons (Fsp3) is 0.214. The molecule has 1 amide bonds. The molecule has 0 fully saturated rings. The van der Waals surface area contributed by atoms with Crippen molar-refractivity contribution in [3.05, 3.63) is 55.9 Å². The Morgan fingerprint density at radius 1 is 1.29 bits per heavy atom. The molecule has 5 nitrogen and oxygen atoms in total. The lowest BCUT2D eigenvalue weighted by Gasteiger charge is -2.12. The number of hydrogen-bond donors (Lipinski definition) is 1. The van der Waals surface area contributed by atoms with E-state index in [0.29, 0.717) is 0 Å². The minimum absolute atomic E-state index is 0.0630. The predicted molar refractivity (Wildman–Crippen MR) is 83.1 cm³/mol. The molecule has 0 atom stereocenters. The van der Waals surface area contributed by atoms with Crippen molar-refractivity contribution < 1.29 is 4.79 Å². The van der Waals surface area contributed by atoms with Gasteiger partial charge >= 0.3 is 0 Å². The molecule has 1 N–H and O–H groups in total. The number of carbonyl (C=O) groups excluding carboxylic acids is 1. The molecule has 0 aliphatic rings. The van der Waals surface area contributed by atoms with Crippen LogP contribution in [0.1, 0.15) is 11.1 Å². The van der Waals surface area contributed by atoms with E-state index in [0.717, 1.165) is 21.5 Å². The smallest absolute Gasteiger partial charge is 0.287 e. The first-order valence-electron chi connectivity index (χ1n) is 6.17. The number of carbonyl (C=O) groups is 1. The van der Waals surface area contributed by atoms with Crippen molar-refractivity contribution in [1.29, 1.82) is 0 Å². The second-order valence-corrected chi connectivity index (χ2v) is 5.37. The van der Waals surface area contributed by atoms with Gasteiger partial charge in [-0.05, 0) is 25.0 Å². The van der Waals surface area contributed by atoms with Gasteiger partial charge in [0.15, 0.2) is 0 Å². The van der Waals surface area contributed by atoms with E-state index in [2.05, 4.69) is 10.4 Å². The summed E-state index contributed by atoms with van der Waals surface area (Å²) in [5.74, 6) is -0.361. The summed E-state index contributed by atoms with van der Waals surface area (Å²) in [5.41, 5.74) is 2.02. The number of amides is 1. The minimum Gasteiger partial charge on any atom is -0.324 e. The Hall–Kier alpha value is -1.85. The Balaban J connectivity index is 2.20. The van der Waals surface area contributed by atoms with Gasteiger partial charge in [-0.3, -0.25) is 9.59 Å². The van der Waals surface area contributed by atoms with Crippen LogP contribution in [0.25, 0.3) is 0 Å². The van der Waals surface area contributed by atoms with E-state index in [9.17, 15) is 9.59 Å². The van der Waals surface area contributed by atoms with Gasteiger partial charge in [0.05, 0.1) is 11.2 Å². The number of aryl methyl sites for hydroxylation is 2. The van der Waals surface area contributed by atoms with Crippen LogP contribution in [0.15, 0.2) is 29.2 Å². The van der Waals surface area contributed by atoms with E-state index in [1.807, 2.05) is 32.0 Å². The highest BCUT2D eigenvalue weighted by atomic mass is 35.5. The van der Waals surface area contributed by atoms with Crippen LogP contribution in [0.4, 0.5) is 5.69 Å². The maximum atomic E-state index is 12.0. The number of para-hydroxylation sites is 1. The zero-order valence-corrected chi connectivity index (χ0v) is 13.0. The van der Waals surface area contributed by atoms with E-state index < -0.39 is 5.56 Å². The number of nitrogens with one attached hydrogen (secondary N) is 1. The van der Waals surface area contributed by atoms with E-state index in [1.165, 1.54) is 6.20 Å². The van der Waals surface area contributed by atoms with Gasteiger partial charge in [-0.1, -0.05) is 41.4 Å². The monoisotopic (exact) mass is 325 g/mol. The molecular formula is C14H13Cl2N3O2. The van der Waals surface area contributed by atoms with Crippen molar-refractivity contribution in [1.82, 2.24) is 9.78 Å². The van der Waals surface area contributed by atoms with Gasteiger partial charge in [0, 0.05) is 5.69 Å². The quantitative estimate of drug-likeness (QED) is 0.943. The van der Waals surface area contributed by atoms with Crippen LogP contribution in [-0.4, -0.2) is 15.7 Å². The Morgan fingerprint density at radius 2 is 1.90 bits per heavy atom. The second kappa shape index (κ2) is 6.28. The van der Waals surface area contributed by atoms with Crippen LogP contribution in [0.2, 0.25) is 10.0 Å². The molecular weight excluding hydrogens is 313 g/mol. The molecule has 21 heavy (non-hydrogen) atoms. The number of nitrogens with zero attached hydrogens (tertiary/aromatic N) is 2.